The Morgan fingerprint density at radius 1 is 0.974 bits per heavy atom. The monoisotopic (exact) mass is 534 g/mol. The molecule has 9 heteroatoms. The fourth-order valence-electron chi connectivity index (χ4n) is 4.06. The van der Waals surface area contributed by atoms with Gasteiger partial charge in [0.15, 0.2) is 5.76 Å². The van der Waals surface area contributed by atoms with Crippen LogP contribution in [0.25, 0.3) is 22.4 Å². The van der Waals surface area contributed by atoms with Crippen LogP contribution in [0.1, 0.15) is 48.7 Å². The summed E-state index contributed by atoms with van der Waals surface area (Å²) in [6.07, 6.45) is -0.350. The highest BCUT2D eigenvalue weighted by Gasteiger charge is 2.23. The molecule has 3 N–H and O–H groups in total. The topological polar surface area (TPSA) is 122 Å². The molecule has 1 atom stereocenters. The van der Waals surface area contributed by atoms with Crippen LogP contribution in [0, 0.1) is 6.92 Å². The number of amides is 1. The van der Waals surface area contributed by atoms with Crippen molar-refractivity contribution in [2.75, 3.05) is 5.32 Å². The molecule has 38 heavy (non-hydrogen) atoms. The van der Waals surface area contributed by atoms with Crippen molar-refractivity contribution >= 4 is 29.5 Å². The molecule has 1 aliphatic carbocycles. The Hall–Kier alpha value is -4.30. The minimum absolute atomic E-state index is 0.484. The third-order valence-corrected chi connectivity index (χ3v) is 6.51. The molecule has 1 aromatic heterocycles. The Morgan fingerprint density at radius 3 is 2.11 bits per heavy atom. The molecule has 196 valence electrons. The van der Waals surface area contributed by atoms with E-state index < -0.39 is 18.4 Å². The van der Waals surface area contributed by atoms with Gasteiger partial charge in [0.2, 0.25) is 0 Å². The number of rotatable bonds is 6. The van der Waals surface area contributed by atoms with Gasteiger partial charge >= 0.3 is 12.2 Å². The molecule has 0 saturated heterocycles. The van der Waals surface area contributed by atoms with Crippen LogP contribution in [0.4, 0.5) is 15.3 Å². The summed E-state index contributed by atoms with van der Waals surface area (Å²) in [6, 6.07) is 24.1. The smallest absolute Gasteiger partial charge is 0.450 e. The number of aryl methyl sites for hydroxylation is 1. The van der Waals surface area contributed by atoms with E-state index >= 15 is 0 Å². The number of nitrogens with one attached hydrogen (secondary N) is 1. The van der Waals surface area contributed by atoms with Gasteiger partial charge in [0.05, 0.1) is 0 Å². The predicted octanol–water partition coefficient (Wildman–Crippen LogP) is 8.38. The average Bonchev–Trinajstić information content (AvgIpc) is 3.68. The Labute approximate surface area is 224 Å². The summed E-state index contributed by atoms with van der Waals surface area (Å²) in [6.45, 7) is 3.53. The fourth-order valence-corrected chi connectivity index (χ4v) is 4.35. The second-order valence-electron chi connectivity index (χ2n) is 8.91. The molecule has 0 spiro atoms. The number of nitrogens with zero attached hydrogens (tertiary/aromatic N) is 1. The lowest BCUT2D eigenvalue weighted by Crippen LogP contribution is -2.17. The first kappa shape index (κ1) is 26.8. The molecule has 0 aliphatic heterocycles. The van der Waals surface area contributed by atoms with Crippen LogP contribution >= 0.6 is 11.6 Å². The number of ether oxygens (including phenoxy) is 1. The first-order valence-electron chi connectivity index (χ1n) is 12.0. The van der Waals surface area contributed by atoms with Crippen molar-refractivity contribution in [3.8, 4) is 22.4 Å². The molecule has 1 amide bonds. The summed E-state index contributed by atoms with van der Waals surface area (Å²) >= 11 is 6.22. The van der Waals surface area contributed by atoms with Gasteiger partial charge in [-0.05, 0) is 55.4 Å². The molecule has 0 bridgehead atoms. The minimum atomic E-state index is -1.83. The summed E-state index contributed by atoms with van der Waals surface area (Å²) < 4.78 is 10.9. The third kappa shape index (κ3) is 6.72. The third-order valence-electron chi connectivity index (χ3n) is 6.17. The van der Waals surface area contributed by atoms with E-state index in [1.807, 2.05) is 42.5 Å². The van der Waals surface area contributed by atoms with Gasteiger partial charge in [0.1, 0.15) is 17.5 Å². The van der Waals surface area contributed by atoms with E-state index in [1.165, 1.54) is 24.0 Å². The van der Waals surface area contributed by atoms with E-state index in [1.54, 1.807) is 19.9 Å². The van der Waals surface area contributed by atoms with Gasteiger partial charge in [0, 0.05) is 16.1 Å². The zero-order valence-electron chi connectivity index (χ0n) is 20.8. The fraction of sp³-hybridized carbons (Fsp3) is 0.207. The van der Waals surface area contributed by atoms with Crippen LogP contribution in [-0.4, -0.2) is 27.6 Å². The molecular formula is C29H27ClN2O6. The molecule has 1 heterocycles. The summed E-state index contributed by atoms with van der Waals surface area (Å²) in [4.78, 5) is 21.2. The van der Waals surface area contributed by atoms with Crippen molar-refractivity contribution in [2.45, 2.75) is 38.7 Å². The molecule has 0 unspecified atom stereocenters. The first-order chi connectivity index (χ1) is 18.2. The van der Waals surface area contributed by atoms with Gasteiger partial charge in [-0.25, -0.2) is 9.59 Å². The Morgan fingerprint density at radius 2 is 1.53 bits per heavy atom. The van der Waals surface area contributed by atoms with Crippen LogP contribution in [0.3, 0.4) is 0 Å². The molecule has 1 fully saturated rings. The second-order valence-corrected chi connectivity index (χ2v) is 9.32. The average molecular weight is 535 g/mol. The van der Waals surface area contributed by atoms with E-state index in [9.17, 15) is 4.79 Å². The molecule has 5 rings (SSSR count). The lowest BCUT2D eigenvalue weighted by molar-refractivity contribution is 0.121. The molecule has 4 aromatic rings. The quantitative estimate of drug-likeness (QED) is 0.227. The Balaban J connectivity index is 0.000000786. The molecule has 1 saturated carbocycles. The van der Waals surface area contributed by atoms with Crippen LogP contribution in [0.15, 0.2) is 77.3 Å². The number of carbonyl (C=O) groups excluding carboxylic acids is 1. The van der Waals surface area contributed by atoms with Crippen molar-refractivity contribution in [1.29, 1.82) is 0 Å². The van der Waals surface area contributed by atoms with Gasteiger partial charge in [-0.2, -0.15) is 0 Å². The Bertz CT molecular complexity index is 1410. The van der Waals surface area contributed by atoms with E-state index in [4.69, 9.17) is 35.9 Å². The second kappa shape index (κ2) is 11.8. The summed E-state index contributed by atoms with van der Waals surface area (Å²) in [5.74, 6) is 1.24. The van der Waals surface area contributed by atoms with Crippen molar-refractivity contribution in [3.63, 3.8) is 0 Å². The number of hydrogen-bond acceptors (Lipinski definition) is 5. The lowest BCUT2D eigenvalue weighted by atomic mass is 10.00. The van der Waals surface area contributed by atoms with Crippen LogP contribution in [0.2, 0.25) is 5.02 Å². The highest BCUT2D eigenvalue weighted by atomic mass is 35.5. The summed E-state index contributed by atoms with van der Waals surface area (Å²) in [7, 11) is 0. The standard InChI is InChI=1S/C28H25ClN2O3.CH2O3/c1-17(24-5-3-4-6-25(24)29)33-28(32)30-26-18(2)34-31-27(26)23-15-13-22(14-16-23)21-11-9-20(10-12-21)19-7-8-19;2-1(3)4/h3-6,9-17,19H,7-8H2,1-2H3,(H,30,32);(H2,2,3,4)/t17-;/m1./s1. The molecular weight excluding hydrogens is 508 g/mol. The Kier molecular flexibility index (Phi) is 8.33. The van der Waals surface area contributed by atoms with Crippen molar-refractivity contribution < 1.29 is 29.1 Å². The largest absolute Gasteiger partial charge is 0.503 e. The first-order valence-corrected chi connectivity index (χ1v) is 12.4. The van der Waals surface area contributed by atoms with Crippen LogP contribution in [-0.2, 0) is 4.74 Å². The number of benzene rings is 3. The van der Waals surface area contributed by atoms with Gasteiger partial charge in [0.25, 0.3) is 0 Å². The van der Waals surface area contributed by atoms with Crippen molar-refractivity contribution in [2.24, 2.45) is 0 Å². The number of anilines is 1. The SMILES string of the molecule is Cc1onc(-c2ccc(-c3ccc(C4CC4)cc3)cc2)c1NC(=O)O[C@H](C)c1ccccc1Cl.O=C(O)O. The van der Waals surface area contributed by atoms with Gasteiger partial charge in [-0.15, -0.1) is 0 Å². The number of carboxylic acid groups (broad SMARTS) is 2. The van der Waals surface area contributed by atoms with E-state index in [-0.39, 0.29) is 0 Å². The molecule has 1 aliphatic rings. The van der Waals surface area contributed by atoms with Crippen LogP contribution in [0.5, 0.6) is 0 Å². The van der Waals surface area contributed by atoms with Gasteiger partial charge < -0.3 is 19.5 Å². The maximum atomic E-state index is 12.6. The predicted molar refractivity (Wildman–Crippen MR) is 145 cm³/mol. The minimum Gasteiger partial charge on any atom is -0.450 e. The zero-order chi connectivity index (χ0) is 27.2. The number of halogens is 1. The zero-order valence-corrected chi connectivity index (χ0v) is 21.6. The highest BCUT2D eigenvalue weighted by molar-refractivity contribution is 6.31. The van der Waals surface area contributed by atoms with Gasteiger partial charge in [-0.1, -0.05) is 83.5 Å². The molecule has 3 aromatic carbocycles. The number of hydrogen-bond donors (Lipinski definition) is 3. The van der Waals surface area contributed by atoms with E-state index in [0.29, 0.717) is 22.2 Å². The molecule has 0 radical (unpaired) electrons. The van der Waals surface area contributed by atoms with Gasteiger partial charge in [-0.3, -0.25) is 5.32 Å². The van der Waals surface area contributed by atoms with Crippen LogP contribution < -0.4 is 5.32 Å². The maximum absolute atomic E-state index is 12.6. The normalized spacial score (nSPS) is 13.1. The lowest BCUT2D eigenvalue weighted by Gasteiger charge is -2.15. The highest BCUT2D eigenvalue weighted by Crippen LogP contribution is 2.40. The maximum Gasteiger partial charge on any atom is 0.503 e. The summed E-state index contributed by atoms with van der Waals surface area (Å²) in [5, 5.41) is 21.4. The van der Waals surface area contributed by atoms with E-state index in [0.717, 1.165) is 22.6 Å². The van der Waals surface area contributed by atoms with E-state index in [2.05, 4.69) is 34.7 Å². The summed E-state index contributed by atoms with van der Waals surface area (Å²) in [5.41, 5.74) is 6.32. The number of carbonyl (C=O) groups is 2. The van der Waals surface area contributed by atoms with Crippen molar-refractivity contribution in [1.82, 2.24) is 5.16 Å². The van der Waals surface area contributed by atoms with Crippen molar-refractivity contribution in [3.05, 3.63) is 94.7 Å². The number of aromatic nitrogens is 1. The molecule has 8 nitrogen and oxygen atoms in total.